The highest BCUT2D eigenvalue weighted by atomic mass is 16.5. The van der Waals surface area contributed by atoms with E-state index in [0.29, 0.717) is 25.4 Å². The van der Waals surface area contributed by atoms with Crippen LogP contribution in [0, 0.1) is 5.92 Å². The molecule has 1 aromatic rings. The third-order valence-corrected chi connectivity index (χ3v) is 6.59. The van der Waals surface area contributed by atoms with Gasteiger partial charge in [0, 0.05) is 12.8 Å². The number of unbranched alkanes of at least 4 members (excludes halogenated alkanes) is 8. The van der Waals surface area contributed by atoms with Crippen LogP contribution in [0.3, 0.4) is 0 Å². The number of allylic oxidation sites excluding steroid dienone is 2. The topological polar surface area (TPSA) is 52.6 Å². The lowest BCUT2D eigenvalue weighted by atomic mass is 9.89. The van der Waals surface area contributed by atoms with Gasteiger partial charge in [-0.05, 0) is 56.4 Å². The van der Waals surface area contributed by atoms with Gasteiger partial charge in [0.05, 0.1) is 6.61 Å². The van der Waals surface area contributed by atoms with E-state index in [1.807, 2.05) is 18.2 Å². The van der Waals surface area contributed by atoms with Gasteiger partial charge in [-0.25, -0.2) is 0 Å². The van der Waals surface area contributed by atoms with E-state index in [1.165, 1.54) is 25.7 Å². The summed E-state index contributed by atoms with van der Waals surface area (Å²) in [4.78, 5) is 24.3. The Morgan fingerprint density at radius 2 is 1.56 bits per heavy atom. The Bertz CT molecular complexity index is 697. The van der Waals surface area contributed by atoms with Gasteiger partial charge in [0.25, 0.3) is 0 Å². The van der Waals surface area contributed by atoms with Gasteiger partial charge < -0.3 is 9.47 Å². The second kappa shape index (κ2) is 18.3. The lowest BCUT2D eigenvalue weighted by molar-refractivity contribution is -0.150. The van der Waals surface area contributed by atoms with Crippen molar-refractivity contribution in [1.82, 2.24) is 0 Å². The van der Waals surface area contributed by atoms with Gasteiger partial charge in [0.15, 0.2) is 0 Å². The molecule has 190 valence electrons. The summed E-state index contributed by atoms with van der Waals surface area (Å²) < 4.78 is 11.2. The van der Waals surface area contributed by atoms with Gasteiger partial charge in [0.2, 0.25) is 0 Å². The first kappa shape index (κ1) is 28.1. The third kappa shape index (κ3) is 13.0. The smallest absolute Gasteiger partial charge is 0.306 e. The molecule has 0 saturated carbocycles. The van der Waals surface area contributed by atoms with Crippen molar-refractivity contribution < 1.29 is 19.1 Å². The molecule has 0 heterocycles. The molecule has 0 spiro atoms. The van der Waals surface area contributed by atoms with Crippen LogP contribution in [-0.2, 0) is 19.1 Å². The Morgan fingerprint density at radius 1 is 0.882 bits per heavy atom. The highest BCUT2D eigenvalue weighted by Crippen LogP contribution is 2.31. The van der Waals surface area contributed by atoms with Crippen molar-refractivity contribution in [3.63, 3.8) is 0 Å². The molecule has 0 N–H and O–H groups in total. The van der Waals surface area contributed by atoms with Crippen LogP contribution in [0.1, 0.15) is 121 Å². The maximum Gasteiger partial charge on any atom is 0.306 e. The van der Waals surface area contributed by atoms with Crippen LogP contribution in [-0.4, -0.2) is 18.5 Å². The zero-order valence-corrected chi connectivity index (χ0v) is 21.3. The molecule has 0 amide bonds. The fraction of sp³-hybridized carbons (Fsp3) is 0.667. The molecule has 0 aromatic heterocycles. The average Bonchev–Trinajstić information content (AvgIpc) is 2.86. The molecule has 1 aromatic carbocycles. The Kier molecular flexibility index (Phi) is 15.1. The molecular formula is C30H46O4. The summed E-state index contributed by atoms with van der Waals surface area (Å²) in [6.45, 7) is 2.74. The number of carbonyl (C=O) groups excluding carboxylic acids is 2. The summed E-state index contributed by atoms with van der Waals surface area (Å²) in [6.07, 6.45) is 20.4. The molecule has 2 unspecified atom stereocenters. The fourth-order valence-electron chi connectivity index (χ4n) is 4.52. The van der Waals surface area contributed by atoms with Gasteiger partial charge >= 0.3 is 11.9 Å². The number of hydrogen-bond donors (Lipinski definition) is 0. The average molecular weight is 471 g/mol. The van der Waals surface area contributed by atoms with Crippen LogP contribution in [0.5, 0.6) is 0 Å². The second-order valence-electron chi connectivity index (χ2n) is 9.65. The van der Waals surface area contributed by atoms with Crippen molar-refractivity contribution >= 4 is 11.9 Å². The Hall–Kier alpha value is -2.10. The molecule has 2 rings (SSSR count). The monoisotopic (exact) mass is 470 g/mol. The van der Waals surface area contributed by atoms with Gasteiger partial charge in [-0.1, -0.05) is 94.4 Å². The first-order chi connectivity index (χ1) is 16.7. The standard InChI is InChI=1S/C30H46O4/c1-2-3-4-17-24-33-29(31)22-15-7-5-6-8-16-23-30(32)34-28(27-20-13-10-14-21-27)25-26-18-11-9-12-19-26/h10-11,13-14,18,20-21,26,28H,2-9,12,15-17,19,22-25H2,1H3. The molecule has 0 radical (unpaired) electrons. The largest absolute Gasteiger partial charge is 0.466 e. The van der Waals surface area contributed by atoms with E-state index in [9.17, 15) is 9.59 Å². The summed E-state index contributed by atoms with van der Waals surface area (Å²) in [5.41, 5.74) is 1.09. The zero-order chi connectivity index (χ0) is 24.3. The minimum Gasteiger partial charge on any atom is -0.466 e. The molecule has 0 fully saturated rings. The molecular weight excluding hydrogens is 424 g/mol. The van der Waals surface area contributed by atoms with Crippen LogP contribution in [0.4, 0.5) is 0 Å². The number of rotatable bonds is 18. The summed E-state index contributed by atoms with van der Waals surface area (Å²) >= 11 is 0. The Balaban J connectivity index is 1.54. The first-order valence-corrected chi connectivity index (χ1v) is 13.8. The molecule has 0 bridgehead atoms. The quantitative estimate of drug-likeness (QED) is 0.123. The normalized spacial score (nSPS) is 16.2. The van der Waals surface area contributed by atoms with Crippen molar-refractivity contribution in [3.05, 3.63) is 48.0 Å². The number of carbonyl (C=O) groups is 2. The van der Waals surface area contributed by atoms with Crippen LogP contribution in [0.25, 0.3) is 0 Å². The van der Waals surface area contributed by atoms with Crippen LogP contribution < -0.4 is 0 Å². The van der Waals surface area contributed by atoms with Gasteiger partial charge in [-0.15, -0.1) is 0 Å². The first-order valence-electron chi connectivity index (χ1n) is 13.8. The molecule has 1 aliphatic carbocycles. The molecule has 0 saturated heterocycles. The number of ether oxygens (including phenoxy) is 2. The highest BCUT2D eigenvalue weighted by Gasteiger charge is 2.21. The number of hydrogen-bond acceptors (Lipinski definition) is 4. The molecule has 0 aliphatic heterocycles. The molecule has 34 heavy (non-hydrogen) atoms. The zero-order valence-electron chi connectivity index (χ0n) is 21.3. The van der Waals surface area contributed by atoms with E-state index in [-0.39, 0.29) is 18.0 Å². The lowest BCUT2D eigenvalue weighted by Gasteiger charge is -2.24. The summed E-state index contributed by atoms with van der Waals surface area (Å²) in [5.74, 6) is 0.344. The highest BCUT2D eigenvalue weighted by molar-refractivity contribution is 5.69. The maximum absolute atomic E-state index is 12.5. The van der Waals surface area contributed by atoms with E-state index in [1.54, 1.807) is 0 Å². The van der Waals surface area contributed by atoms with Crippen molar-refractivity contribution in [2.75, 3.05) is 6.61 Å². The summed E-state index contributed by atoms with van der Waals surface area (Å²) in [6, 6.07) is 10.2. The van der Waals surface area contributed by atoms with Gasteiger partial charge in [0.1, 0.15) is 6.10 Å². The van der Waals surface area contributed by atoms with Gasteiger partial charge in [-0.3, -0.25) is 9.59 Å². The van der Waals surface area contributed by atoms with Crippen LogP contribution in [0.2, 0.25) is 0 Å². The second-order valence-corrected chi connectivity index (χ2v) is 9.65. The SMILES string of the molecule is CCCCCCOC(=O)CCCCCCCCC(=O)OC(CC1C=CCCC1)c1ccccc1. The minimum atomic E-state index is -0.159. The minimum absolute atomic E-state index is 0.0593. The van der Waals surface area contributed by atoms with Crippen molar-refractivity contribution in [1.29, 1.82) is 0 Å². The van der Waals surface area contributed by atoms with E-state index in [4.69, 9.17) is 9.47 Å². The molecule has 2 atom stereocenters. The van der Waals surface area contributed by atoms with Crippen molar-refractivity contribution in [2.24, 2.45) is 5.92 Å². The van der Waals surface area contributed by atoms with Crippen LogP contribution >= 0.6 is 0 Å². The number of esters is 2. The predicted octanol–water partition coefficient (Wildman–Crippen LogP) is 8.26. The van der Waals surface area contributed by atoms with E-state index >= 15 is 0 Å². The fourth-order valence-corrected chi connectivity index (χ4v) is 4.52. The Morgan fingerprint density at radius 3 is 2.24 bits per heavy atom. The predicted molar refractivity (Wildman–Crippen MR) is 138 cm³/mol. The van der Waals surface area contributed by atoms with Crippen molar-refractivity contribution in [2.45, 2.75) is 116 Å². The Labute approximate surface area is 207 Å². The van der Waals surface area contributed by atoms with E-state index < -0.39 is 0 Å². The lowest BCUT2D eigenvalue weighted by Crippen LogP contribution is -2.15. The maximum atomic E-state index is 12.5. The molecule has 1 aliphatic rings. The molecule has 4 nitrogen and oxygen atoms in total. The summed E-state index contributed by atoms with van der Waals surface area (Å²) in [7, 11) is 0. The van der Waals surface area contributed by atoms with Crippen molar-refractivity contribution in [3.8, 4) is 0 Å². The van der Waals surface area contributed by atoms with E-state index in [0.717, 1.165) is 69.8 Å². The third-order valence-electron chi connectivity index (χ3n) is 6.59. The van der Waals surface area contributed by atoms with Gasteiger partial charge in [-0.2, -0.15) is 0 Å². The number of benzene rings is 1. The van der Waals surface area contributed by atoms with E-state index in [2.05, 4.69) is 31.2 Å². The summed E-state index contributed by atoms with van der Waals surface area (Å²) in [5, 5.41) is 0. The molecule has 4 heteroatoms. The van der Waals surface area contributed by atoms with Crippen LogP contribution in [0.15, 0.2) is 42.5 Å².